The summed E-state index contributed by atoms with van der Waals surface area (Å²) in [6.45, 7) is 0.0885. The number of nitrogens with zero attached hydrogens (tertiary/aromatic N) is 1. The molecule has 3 aromatic rings. The fraction of sp³-hybridized carbons (Fsp3) is 0.0667. The lowest BCUT2D eigenvalue weighted by Gasteiger charge is -2.05. The van der Waals surface area contributed by atoms with Gasteiger partial charge in [0.15, 0.2) is 5.13 Å². The zero-order valence-corrected chi connectivity index (χ0v) is 13.7. The first-order valence-electron chi connectivity index (χ1n) is 6.45. The van der Waals surface area contributed by atoms with Crippen LogP contribution in [0.2, 0.25) is 0 Å². The van der Waals surface area contributed by atoms with Gasteiger partial charge < -0.3 is 10.6 Å². The Morgan fingerprint density at radius 3 is 2.77 bits per heavy atom. The highest BCUT2D eigenvalue weighted by Crippen LogP contribution is 2.28. The minimum atomic E-state index is -0.310. The second-order valence-electron chi connectivity index (χ2n) is 4.54. The normalized spacial score (nSPS) is 10.6. The number of carbonyl (C=O) groups excluding carboxylic acids is 1. The van der Waals surface area contributed by atoms with Crippen molar-refractivity contribution in [3.05, 3.63) is 52.8 Å². The van der Waals surface area contributed by atoms with Crippen molar-refractivity contribution in [2.75, 3.05) is 17.2 Å². The fourth-order valence-electron chi connectivity index (χ4n) is 1.87. The van der Waals surface area contributed by atoms with Crippen molar-refractivity contribution < 1.29 is 9.18 Å². The molecule has 0 fully saturated rings. The highest BCUT2D eigenvalue weighted by atomic mass is 79.9. The Labute approximate surface area is 138 Å². The summed E-state index contributed by atoms with van der Waals surface area (Å²) in [6, 6.07) is 11.6. The van der Waals surface area contributed by atoms with Crippen LogP contribution in [0.25, 0.3) is 10.2 Å². The van der Waals surface area contributed by atoms with E-state index in [4.69, 9.17) is 0 Å². The van der Waals surface area contributed by atoms with Crippen LogP contribution in [0.5, 0.6) is 0 Å². The van der Waals surface area contributed by atoms with Crippen LogP contribution in [0.15, 0.2) is 46.9 Å². The van der Waals surface area contributed by atoms with E-state index in [1.165, 1.54) is 23.5 Å². The molecule has 0 bridgehead atoms. The molecule has 7 heteroatoms. The number of hydrogen-bond acceptors (Lipinski definition) is 4. The zero-order chi connectivity index (χ0) is 15.5. The van der Waals surface area contributed by atoms with Crippen molar-refractivity contribution in [2.45, 2.75) is 0 Å². The third-order valence-corrected chi connectivity index (χ3v) is 4.32. The first-order chi connectivity index (χ1) is 10.6. The minimum absolute atomic E-state index is 0.0885. The Balaban J connectivity index is 1.61. The molecule has 1 heterocycles. The minimum Gasteiger partial charge on any atom is -0.376 e. The molecule has 3 rings (SSSR count). The van der Waals surface area contributed by atoms with Crippen LogP contribution < -0.4 is 10.6 Å². The lowest BCUT2D eigenvalue weighted by Crippen LogP contribution is -2.21. The first kappa shape index (κ1) is 14.9. The van der Waals surface area contributed by atoms with Crippen molar-refractivity contribution in [1.29, 1.82) is 0 Å². The molecule has 112 valence electrons. The van der Waals surface area contributed by atoms with Crippen LogP contribution in [0, 0.1) is 5.82 Å². The van der Waals surface area contributed by atoms with E-state index in [2.05, 4.69) is 31.5 Å². The number of anilines is 2. The Bertz CT molecular complexity index is 819. The van der Waals surface area contributed by atoms with Gasteiger partial charge in [0.1, 0.15) is 5.82 Å². The highest BCUT2D eigenvalue weighted by Gasteiger charge is 2.08. The van der Waals surface area contributed by atoms with Crippen molar-refractivity contribution in [3.63, 3.8) is 0 Å². The van der Waals surface area contributed by atoms with E-state index >= 15 is 0 Å². The summed E-state index contributed by atoms with van der Waals surface area (Å²) in [7, 11) is 0. The average Bonchev–Trinajstić information content (AvgIpc) is 2.88. The molecule has 2 N–H and O–H groups in total. The van der Waals surface area contributed by atoms with Crippen LogP contribution in [-0.2, 0) is 4.79 Å². The number of aromatic nitrogens is 1. The quantitative estimate of drug-likeness (QED) is 0.712. The van der Waals surface area contributed by atoms with Gasteiger partial charge in [0.2, 0.25) is 5.91 Å². The second-order valence-corrected chi connectivity index (χ2v) is 6.49. The van der Waals surface area contributed by atoms with E-state index in [1.54, 1.807) is 12.1 Å². The summed E-state index contributed by atoms with van der Waals surface area (Å²) in [5.41, 5.74) is 1.53. The largest absolute Gasteiger partial charge is 0.376 e. The van der Waals surface area contributed by atoms with Gasteiger partial charge in [0.25, 0.3) is 0 Å². The lowest BCUT2D eigenvalue weighted by molar-refractivity contribution is -0.114. The Kier molecular flexibility index (Phi) is 4.35. The maximum atomic E-state index is 12.8. The molecule has 0 aliphatic rings. The van der Waals surface area contributed by atoms with E-state index in [0.29, 0.717) is 10.8 Å². The molecule has 0 aliphatic heterocycles. The average molecular weight is 380 g/mol. The maximum absolute atomic E-state index is 12.8. The fourth-order valence-corrected chi connectivity index (χ4v) is 3.30. The smallest absolute Gasteiger partial charge is 0.245 e. The van der Waals surface area contributed by atoms with Gasteiger partial charge >= 0.3 is 0 Å². The molecule has 0 aliphatic carbocycles. The summed E-state index contributed by atoms with van der Waals surface area (Å²) >= 11 is 4.82. The second kappa shape index (κ2) is 6.41. The van der Waals surface area contributed by atoms with Gasteiger partial charge in [-0.2, -0.15) is 0 Å². The number of nitrogens with one attached hydrogen (secondary N) is 2. The number of rotatable bonds is 4. The van der Waals surface area contributed by atoms with E-state index in [9.17, 15) is 9.18 Å². The van der Waals surface area contributed by atoms with E-state index < -0.39 is 0 Å². The Morgan fingerprint density at radius 2 is 2.00 bits per heavy atom. The monoisotopic (exact) mass is 379 g/mol. The first-order valence-corrected chi connectivity index (χ1v) is 8.06. The molecule has 2 aromatic carbocycles. The number of carbonyl (C=O) groups is 1. The third-order valence-electron chi connectivity index (χ3n) is 2.89. The van der Waals surface area contributed by atoms with Crippen molar-refractivity contribution in [1.82, 2.24) is 4.98 Å². The number of hydrogen-bond donors (Lipinski definition) is 2. The number of thiazole rings is 1. The van der Waals surface area contributed by atoms with Gasteiger partial charge in [0.05, 0.1) is 16.8 Å². The van der Waals surface area contributed by atoms with Crippen LogP contribution in [-0.4, -0.2) is 17.4 Å². The van der Waals surface area contributed by atoms with Crippen LogP contribution >= 0.6 is 27.3 Å². The highest BCUT2D eigenvalue weighted by molar-refractivity contribution is 9.10. The van der Waals surface area contributed by atoms with Gasteiger partial charge in [-0.15, -0.1) is 0 Å². The maximum Gasteiger partial charge on any atom is 0.245 e. The topological polar surface area (TPSA) is 54.0 Å². The van der Waals surface area contributed by atoms with Crippen LogP contribution in [0.3, 0.4) is 0 Å². The standard InChI is InChI=1S/C15H11BrFN3OS/c16-9-1-6-12-13(7-9)22-15(19-12)20-14(21)8-18-11-4-2-10(17)3-5-11/h1-7,18H,8H2,(H,19,20,21). The Hall–Kier alpha value is -1.99. The van der Waals surface area contributed by atoms with Crippen LogP contribution in [0.4, 0.5) is 15.2 Å². The molecule has 22 heavy (non-hydrogen) atoms. The third kappa shape index (κ3) is 3.61. The summed E-state index contributed by atoms with van der Waals surface area (Å²) < 4.78 is 14.8. The van der Waals surface area contributed by atoms with Gasteiger partial charge in [-0.1, -0.05) is 27.3 Å². The number of halogens is 2. The molecule has 0 saturated carbocycles. The molecule has 0 unspecified atom stereocenters. The van der Waals surface area contributed by atoms with E-state index in [0.717, 1.165) is 14.7 Å². The molecular weight excluding hydrogens is 369 g/mol. The van der Waals surface area contributed by atoms with Crippen molar-refractivity contribution in [2.24, 2.45) is 0 Å². The zero-order valence-electron chi connectivity index (χ0n) is 11.3. The van der Waals surface area contributed by atoms with E-state index in [-0.39, 0.29) is 18.3 Å². The molecule has 0 spiro atoms. The van der Waals surface area contributed by atoms with E-state index in [1.807, 2.05) is 18.2 Å². The summed E-state index contributed by atoms with van der Waals surface area (Å²) in [4.78, 5) is 16.3. The molecule has 1 aromatic heterocycles. The molecule has 1 amide bonds. The molecule has 0 atom stereocenters. The predicted molar refractivity (Wildman–Crippen MR) is 90.8 cm³/mol. The van der Waals surface area contributed by atoms with Crippen molar-refractivity contribution >= 4 is 54.2 Å². The summed E-state index contributed by atoms with van der Waals surface area (Å²) in [5, 5.41) is 6.23. The SMILES string of the molecule is O=C(CNc1ccc(F)cc1)Nc1nc2ccc(Br)cc2s1. The summed E-state index contributed by atoms with van der Waals surface area (Å²) in [5.74, 6) is -0.516. The number of benzene rings is 2. The lowest BCUT2D eigenvalue weighted by atomic mass is 10.3. The molecule has 0 saturated heterocycles. The predicted octanol–water partition coefficient (Wildman–Crippen LogP) is 4.25. The molecular formula is C15H11BrFN3OS. The van der Waals surface area contributed by atoms with Gasteiger partial charge in [0, 0.05) is 10.2 Å². The van der Waals surface area contributed by atoms with Gasteiger partial charge in [-0.3, -0.25) is 4.79 Å². The number of fused-ring (bicyclic) bond motifs is 1. The van der Waals surface area contributed by atoms with Gasteiger partial charge in [-0.25, -0.2) is 9.37 Å². The summed E-state index contributed by atoms with van der Waals surface area (Å²) in [6.07, 6.45) is 0. The number of amides is 1. The van der Waals surface area contributed by atoms with Gasteiger partial charge in [-0.05, 0) is 42.5 Å². The Morgan fingerprint density at radius 1 is 1.23 bits per heavy atom. The molecule has 4 nitrogen and oxygen atoms in total. The molecule has 0 radical (unpaired) electrons. The van der Waals surface area contributed by atoms with Crippen molar-refractivity contribution in [3.8, 4) is 0 Å². The van der Waals surface area contributed by atoms with Crippen LogP contribution in [0.1, 0.15) is 0 Å².